The number of amides is 1. The lowest BCUT2D eigenvalue weighted by Crippen LogP contribution is -2.47. The van der Waals surface area contributed by atoms with E-state index in [1.165, 1.54) is 0 Å². The Kier molecular flexibility index (Phi) is 4.74. The fraction of sp³-hybridized carbons (Fsp3) is 0.917. The van der Waals surface area contributed by atoms with Crippen molar-refractivity contribution in [2.75, 3.05) is 19.8 Å². The highest BCUT2D eigenvalue weighted by molar-refractivity contribution is 5.68. The second kappa shape index (κ2) is 5.67. The number of aliphatic hydroxyl groups is 1. The maximum absolute atomic E-state index is 12.3. The van der Waals surface area contributed by atoms with E-state index in [1.807, 2.05) is 20.8 Å². The number of alkyl halides is 1. The molecule has 1 fully saturated rings. The predicted octanol–water partition coefficient (Wildman–Crippen LogP) is 1.96. The Morgan fingerprint density at radius 1 is 1.53 bits per heavy atom. The van der Waals surface area contributed by atoms with Crippen LogP contribution in [0.25, 0.3) is 0 Å². The van der Waals surface area contributed by atoms with Gasteiger partial charge in [-0.2, -0.15) is 0 Å². The van der Waals surface area contributed by atoms with Crippen LogP contribution in [0.2, 0.25) is 0 Å². The monoisotopic (exact) mass is 247 g/mol. The van der Waals surface area contributed by atoms with E-state index in [9.17, 15) is 14.3 Å². The molecule has 0 saturated carbocycles. The number of hydrogen-bond donors (Lipinski definition) is 1. The Hall–Kier alpha value is -0.840. The number of likely N-dealkylation sites (tertiary alicyclic amines) is 1. The molecule has 1 rings (SSSR count). The van der Waals surface area contributed by atoms with E-state index in [0.717, 1.165) is 0 Å². The Morgan fingerprint density at radius 2 is 2.18 bits per heavy atom. The van der Waals surface area contributed by atoms with Crippen LogP contribution in [0.4, 0.5) is 9.18 Å². The summed E-state index contributed by atoms with van der Waals surface area (Å²) in [4.78, 5) is 13.4. The number of halogens is 1. The molecule has 0 aromatic heterocycles. The molecule has 0 radical (unpaired) electrons. The van der Waals surface area contributed by atoms with E-state index in [4.69, 9.17) is 4.74 Å². The summed E-state index contributed by atoms with van der Waals surface area (Å²) < 4.78 is 17.6. The Balaban J connectivity index is 2.52. The van der Waals surface area contributed by atoms with Crippen molar-refractivity contribution in [2.24, 2.45) is 5.92 Å². The molecule has 0 spiro atoms. The smallest absolute Gasteiger partial charge is 0.410 e. The molecule has 0 aromatic carbocycles. The van der Waals surface area contributed by atoms with Gasteiger partial charge in [0.25, 0.3) is 0 Å². The standard InChI is InChI=1S/C12H22FNO3/c1-12(2,3)17-11(16)14-7-5-10(15)9(8-14)4-6-13/h9-10,15H,4-8H2,1-3H3. The van der Waals surface area contributed by atoms with Gasteiger partial charge < -0.3 is 14.7 Å². The molecule has 4 nitrogen and oxygen atoms in total. The van der Waals surface area contributed by atoms with E-state index in [0.29, 0.717) is 25.9 Å². The predicted molar refractivity (Wildman–Crippen MR) is 62.5 cm³/mol. The minimum Gasteiger partial charge on any atom is -0.444 e. The molecular weight excluding hydrogens is 225 g/mol. The first kappa shape index (κ1) is 14.2. The summed E-state index contributed by atoms with van der Waals surface area (Å²) in [6.07, 6.45) is -0.109. The van der Waals surface area contributed by atoms with Gasteiger partial charge in [-0.25, -0.2) is 4.79 Å². The summed E-state index contributed by atoms with van der Waals surface area (Å²) in [5.41, 5.74) is -0.525. The second-order valence-corrected chi connectivity index (χ2v) is 5.52. The minimum atomic E-state index is -0.525. The number of aliphatic hydroxyl groups excluding tert-OH is 1. The second-order valence-electron chi connectivity index (χ2n) is 5.52. The normalized spacial score (nSPS) is 25.8. The topological polar surface area (TPSA) is 49.8 Å². The number of hydrogen-bond acceptors (Lipinski definition) is 3. The molecule has 0 bridgehead atoms. The summed E-state index contributed by atoms with van der Waals surface area (Å²) in [5.74, 6) is -0.179. The number of piperidine rings is 1. The maximum atomic E-state index is 12.3. The highest BCUT2D eigenvalue weighted by Crippen LogP contribution is 2.22. The zero-order chi connectivity index (χ0) is 13.1. The molecule has 2 unspecified atom stereocenters. The zero-order valence-electron chi connectivity index (χ0n) is 10.8. The van der Waals surface area contributed by atoms with Crippen LogP contribution in [0.3, 0.4) is 0 Å². The van der Waals surface area contributed by atoms with Gasteiger partial charge in [0.2, 0.25) is 0 Å². The molecule has 1 N–H and O–H groups in total. The average molecular weight is 247 g/mol. The van der Waals surface area contributed by atoms with Gasteiger partial charge in [0.05, 0.1) is 12.8 Å². The van der Waals surface area contributed by atoms with Gasteiger partial charge in [0.15, 0.2) is 0 Å². The molecule has 1 saturated heterocycles. The van der Waals surface area contributed by atoms with Crippen LogP contribution in [0, 0.1) is 5.92 Å². The zero-order valence-corrected chi connectivity index (χ0v) is 10.8. The summed E-state index contributed by atoms with van der Waals surface area (Å²) in [6.45, 7) is 5.80. The van der Waals surface area contributed by atoms with Crippen molar-refractivity contribution in [3.63, 3.8) is 0 Å². The van der Waals surface area contributed by atoms with Gasteiger partial charge >= 0.3 is 6.09 Å². The molecule has 1 aliphatic heterocycles. The molecule has 2 atom stereocenters. The van der Waals surface area contributed by atoms with Crippen LogP contribution in [0.1, 0.15) is 33.6 Å². The van der Waals surface area contributed by atoms with Crippen molar-refractivity contribution in [2.45, 2.75) is 45.3 Å². The third kappa shape index (κ3) is 4.50. The number of ether oxygens (including phenoxy) is 1. The lowest BCUT2D eigenvalue weighted by Gasteiger charge is -2.36. The summed E-state index contributed by atoms with van der Waals surface area (Å²) in [7, 11) is 0. The fourth-order valence-electron chi connectivity index (χ4n) is 1.94. The first-order valence-electron chi connectivity index (χ1n) is 6.05. The van der Waals surface area contributed by atoms with Crippen LogP contribution in [0.15, 0.2) is 0 Å². The van der Waals surface area contributed by atoms with Gasteiger partial charge in [0.1, 0.15) is 5.60 Å². The Morgan fingerprint density at radius 3 is 2.71 bits per heavy atom. The molecule has 5 heteroatoms. The van der Waals surface area contributed by atoms with Crippen molar-refractivity contribution in [1.82, 2.24) is 4.90 Å². The summed E-state index contributed by atoms with van der Waals surface area (Å²) >= 11 is 0. The molecule has 0 aromatic rings. The van der Waals surface area contributed by atoms with Crippen molar-refractivity contribution in [3.05, 3.63) is 0 Å². The third-order valence-corrected chi connectivity index (χ3v) is 2.83. The number of carbonyl (C=O) groups excluding carboxylic acids is 1. The van der Waals surface area contributed by atoms with Crippen molar-refractivity contribution in [1.29, 1.82) is 0 Å². The molecule has 0 aliphatic carbocycles. The van der Waals surface area contributed by atoms with Crippen molar-refractivity contribution < 1.29 is 19.0 Å². The van der Waals surface area contributed by atoms with Crippen molar-refractivity contribution in [3.8, 4) is 0 Å². The minimum absolute atomic E-state index is 0.179. The third-order valence-electron chi connectivity index (χ3n) is 2.83. The van der Waals surface area contributed by atoms with Crippen LogP contribution in [-0.2, 0) is 4.74 Å². The van der Waals surface area contributed by atoms with Gasteiger partial charge in [-0.15, -0.1) is 0 Å². The fourth-order valence-corrected chi connectivity index (χ4v) is 1.94. The van der Waals surface area contributed by atoms with E-state index in [2.05, 4.69) is 0 Å². The van der Waals surface area contributed by atoms with E-state index >= 15 is 0 Å². The van der Waals surface area contributed by atoms with E-state index in [1.54, 1.807) is 4.90 Å². The van der Waals surface area contributed by atoms with Crippen molar-refractivity contribution >= 4 is 6.09 Å². The van der Waals surface area contributed by atoms with Crippen LogP contribution in [0.5, 0.6) is 0 Å². The number of rotatable bonds is 2. The van der Waals surface area contributed by atoms with Gasteiger partial charge in [-0.3, -0.25) is 4.39 Å². The SMILES string of the molecule is CC(C)(C)OC(=O)N1CCC(O)C(CCF)C1. The molecule has 100 valence electrons. The number of nitrogens with zero attached hydrogens (tertiary/aromatic N) is 1. The van der Waals surface area contributed by atoms with E-state index < -0.39 is 18.4 Å². The highest BCUT2D eigenvalue weighted by Gasteiger charge is 2.32. The first-order valence-corrected chi connectivity index (χ1v) is 6.05. The lowest BCUT2D eigenvalue weighted by atomic mass is 9.92. The average Bonchev–Trinajstić information content (AvgIpc) is 2.19. The van der Waals surface area contributed by atoms with Crippen LogP contribution >= 0.6 is 0 Å². The summed E-state index contributed by atoms with van der Waals surface area (Å²) in [6, 6.07) is 0. The summed E-state index contributed by atoms with van der Waals surface area (Å²) in [5, 5.41) is 9.69. The largest absolute Gasteiger partial charge is 0.444 e. The molecule has 17 heavy (non-hydrogen) atoms. The van der Waals surface area contributed by atoms with Gasteiger partial charge in [-0.05, 0) is 33.6 Å². The maximum Gasteiger partial charge on any atom is 0.410 e. The van der Waals surface area contributed by atoms with Crippen LogP contribution in [-0.4, -0.2) is 47.6 Å². The Labute approximate surface area is 102 Å². The van der Waals surface area contributed by atoms with Gasteiger partial charge in [0, 0.05) is 19.0 Å². The van der Waals surface area contributed by atoms with Gasteiger partial charge in [-0.1, -0.05) is 0 Å². The molecule has 1 heterocycles. The Bertz CT molecular complexity index is 265. The number of carbonyl (C=O) groups is 1. The lowest BCUT2D eigenvalue weighted by molar-refractivity contribution is -0.0111. The first-order chi connectivity index (χ1) is 7.83. The molecule has 1 aliphatic rings. The molecule has 1 amide bonds. The van der Waals surface area contributed by atoms with E-state index in [-0.39, 0.29) is 12.0 Å². The van der Waals surface area contributed by atoms with Crippen LogP contribution < -0.4 is 0 Å². The molecular formula is C12H22FNO3. The quantitative estimate of drug-likeness (QED) is 0.811. The highest BCUT2D eigenvalue weighted by atomic mass is 19.1.